The Labute approximate surface area is 174 Å². The summed E-state index contributed by atoms with van der Waals surface area (Å²) in [5.41, 5.74) is 0.665. The molecular formula is C24H20O6. The molecule has 0 atom stereocenters. The highest BCUT2D eigenvalue weighted by Gasteiger charge is 2.25. The third kappa shape index (κ3) is 4.22. The number of Topliss-reactive ketones (excluding diaryl/α,β-unsaturated/α-hetero) is 2. The minimum Gasteiger partial charge on any atom is -0.497 e. The van der Waals surface area contributed by atoms with Crippen molar-refractivity contribution in [3.05, 3.63) is 89.0 Å². The number of carbonyl (C=O) groups excluding carboxylic acids is 3. The molecule has 6 heteroatoms. The van der Waals surface area contributed by atoms with Crippen LogP contribution in [0.2, 0.25) is 0 Å². The Balaban J connectivity index is 2.00. The molecule has 152 valence electrons. The Kier molecular flexibility index (Phi) is 6.27. The molecule has 6 nitrogen and oxygen atoms in total. The quantitative estimate of drug-likeness (QED) is 0.417. The minimum absolute atomic E-state index is 0.0115. The van der Waals surface area contributed by atoms with Gasteiger partial charge in [-0.25, -0.2) is 0 Å². The Morgan fingerprint density at radius 2 is 1.00 bits per heavy atom. The van der Waals surface area contributed by atoms with Crippen LogP contribution in [-0.4, -0.2) is 38.7 Å². The zero-order valence-electron chi connectivity index (χ0n) is 16.8. The molecule has 0 fully saturated rings. The van der Waals surface area contributed by atoms with Crippen LogP contribution in [0.25, 0.3) is 0 Å². The predicted molar refractivity (Wildman–Crippen MR) is 111 cm³/mol. The molecule has 3 aromatic rings. The van der Waals surface area contributed by atoms with Gasteiger partial charge in [-0.15, -0.1) is 0 Å². The van der Waals surface area contributed by atoms with Gasteiger partial charge >= 0.3 is 0 Å². The van der Waals surface area contributed by atoms with Crippen LogP contribution in [-0.2, 0) is 0 Å². The van der Waals surface area contributed by atoms with Crippen LogP contribution in [0.4, 0.5) is 0 Å². The van der Waals surface area contributed by atoms with Gasteiger partial charge < -0.3 is 14.2 Å². The summed E-state index contributed by atoms with van der Waals surface area (Å²) in [5.74, 6) is -0.323. The van der Waals surface area contributed by atoms with Crippen molar-refractivity contribution in [3.63, 3.8) is 0 Å². The van der Waals surface area contributed by atoms with Gasteiger partial charge in [-0.05, 0) is 66.7 Å². The third-order valence-corrected chi connectivity index (χ3v) is 4.63. The molecule has 0 radical (unpaired) electrons. The first-order valence-corrected chi connectivity index (χ1v) is 9.08. The van der Waals surface area contributed by atoms with Crippen molar-refractivity contribution in [1.29, 1.82) is 0 Å². The van der Waals surface area contributed by atoms with Crippen LogP contribution in [0.1, 0.15) is 36.6 Å². The maximum Gasteiger partial charge on any atom is 0.234 e. The second-order valence-corrected chi connectivity index (χ2v) is 6.36. The largest absolute Gasteiger partial charge is 0.497 e. The molecule has 0 aliphatic heterocycles. The van der Waals surface area contributed by atoms with Crippen LogP contribution >= 0.6 is 0 Å². The first-order chi connectivity index (χ1) is 14.5. The number of ketones is 3. The maximum atomic E-state index is 13.1. The van der Waals surface area contributed by atoms with E-state index in [4.69, 9.17) is 14.2 Å². The molecule has 3 aromatic carbocycles. The summed E-state index contributed by atoms with van der Waals surface area (Å²) in [5, 5.41) is 0. The fourth-order valence-corrected chi connectivity index (χ4v) is 2.93. The second-order valence-electron chi connectivity index (χ2n) is 6.36. The second kappa shape index (κ2) is 9.05. The summed E-state index contributed by atoms with van der Waals surface area (Å²) in [6.07, 6.45) is 0. The predicted octanol–water partition coefficient (Wildman–Crippen LogP) is 4.01. The number of rotatable bonds is 8. The van der Waals surface area contributed by atoms with Crippen LogP contribution in [0.3, 0.4) is 0 Å². The molecule has 30 heavy (non-hydrogen) atoms. The van der Waals surface area contributed by atoms with Crippen molar-refractivity contribution >= 4 is 17.3 Å². The lowest BCUT2D eigenvalue weighted by atomic mass is 9.92. The highest BCUT2D eigenvalue weighted by Crippen LogP contribution is 2.24. The summed E-state index contributed by atoms with van der Waals surface area (Å²) in [4.78, 5) is 38.8. The topological polar surface area (TPSA) is 78.9 Å². The summed E-state index contributed by atoms with van der Waals surface area (Å²) in [7, 11) is 4.50. The highest BCUT2D eigenvalue weighted by molar-refractivity contribution is 6.50. The standard InChI is InChI=1S/C24H20O6/c1-28-17-8-4-15(5-9-17)22(25)21-14-19(30-3)12-13-20(21)24(27)23(26)16-6-10-18(29-2)11-7-16/h4-14H,1-3H3. The van der Waals surface area contributed by atoms with Gasteiger partial charge in [0.15, 0.2) is 5.78 Å². The number of ether oxygens (including phenoxy) is 3. The molecule has 0 N–H and O–H groups in total. The fourth-order valence-electron chi connectivity index (χ4n) is 2.93. The Morgan fingerprint density at radius 1 is 0.533 bits per heavy atom. The molecule has 0 spiro atoms. The zero-order valence-corrected chi connectivity index (χ0v) is 16.8. The van der Waals surface area contributed by atoms with Crippen LogP contribution in [0, 0.1) is 0 Å². The molecule has 0 bridgehead atoms. The minimum atomic E-state index is -0.778. The Morgan fingerprint density at radius 3 is 1.50 bits per heavy atom. The number of methoxy groups -OCH3 is 3. The van der Waals surface area contributed by atoms with Crippen LogP contribution in [0.5, 0.6) is 17.2 Å². The summed E-state index contributed by atoms with van der Waals surface area (Å²) in [6.45, 7) is 0. The number of carbonyl (C=O) groups is 3. The van der Waals surface area contributed by atoms with Crippen molar-refractivity contribution in [2.24, 2.45) is 0 Å². The molecule has 0 aliphatic carbocycles. The molecule has 0 saturated heterocycles. The lowest BCUT2D eigenvalue weighted by molar-refractivity contribution is 0.0815. The Hall–Kier alpha value is -3.93. The normalized spacial score (nSPS) is 10.2. The van der Waals surface area contributed by atoms with E-state index < -0.39 is 17.3 Å². The molecule has 0 amide bonds. The van der Waals surface area contributed by atoms with Crippen molar-refractivity contribution < 1.29 is 28.6 Å². The lowest BCUT2D eigenvalue weighted by Gasteiger charge is -2.11. The molecule has 0 heterocycles. The van der Waals surface area contributed by atoms with E-state index in [1.54, 1.807) is 42.5 Å². The highest BCUT2D eigenvalue weighted by atomic mass is 16.5. The average Bonchev–Trinajstić information content (AvgIpc) is 2.82. The van der Waals surface area contributed by atoms with Gasteiger partial charge in [0, 0.05) is 22.3 Å². The van der Waals surface area contributed by atoms with Gasteiger partial charge in [0.05, 0.1) is 21.3 Å². The number of hydrogen-bond acceptors (Lipinski definition) is 6. The average molecular weight is 404 g/mol. The summed E-state index contributed by atoms with van der Waals surface area (Å²) in [6, 6.07) is 17.1. The monoisotopic (exact) mass is 404 g/mol. The van der Waals surface area contributed by atoms with Crippen LogP contribution in [0.15, 0.2) is 66.7 Å². The van der Waals surface area contributed by atoms with Gasteiger partial charge in [-0.3, -0.25) is 14.4 Å². The van der Waals surface area contributed by atoms with E-state index in [0.29, 0.717) is 22.8 Å². The van der Waals surface area contributed by atoms with Crippen molar-refractivity contribution in [3.8, 4) is 17.2 Å². The van der Waals surface area contributed by atoms with E-state index in [-0.39, 0.29) is 16.7 Å². The zero-order chi connectivity index (χ0) is 21.7. The number of hydrogen-bond donors (Lipinski definition) is 0. The number of benzene rings is 3. The van der Waals surface area contributed by atoms with E-state index in [0.717, 1.165) is 0 Å². The van der Waals surface area contributed by atoms with E-state index in [1.165, 1.54) is 45.6 Å². The molecule has 0 aromatic heterocycles. The first kappa shape index (κ1) is 20.8. The molecule has 0 saturated carbocycles. The van der Waals surface area contributed by atoms with Crippen molar-refractivity contribution in [2.45, 2.75) is 0 Å². The third-order valence-electron chi connectivity index (χ3n) is 4.63. The van der Waals surface area contributed by atoms with Gasteiger partial charge in [0.2, 0.25) is 11.6 Å². The maximum absolute atomic E-state index is 13.1. The summed E-state index contributed by atoms with van der Waals surface area (Å²) < 4.78 is 15.4. The SMILES string of the molecule is COc1ccc(C(=O)C(=O)c2ccc(OC)cc2C(=O)c2ccc(OC)cc2)cc1. The van der Waals surface area contributed by atoms with E-state index in [9.17, 15) is 14.4 Å². The van der Waals surface area contributed by atoms with Gasteiger partial charge in [-0.1, -0.05) is 0 Å². The molecule has 3 rings (SSSR count). The van der Waals surface area contributed by atoms with E-state index in [1.807, 2.05) is 0 Å². The van der Waals surface area contributed by atoms with E-state index >= 15 is 0 Å². The molecule has 0 aliphatic rings. The summed E-state index contributed by atoms with van der Waals surface area (Å²) >= 11 is 0. The Bertz CT molecular complexity index is 1080. The van der Waals surface area contributed by atoms with Crippen LogP contribution < -0.4 is 14.2 Å². The first-order valence-electron chi connectivity index (χ1n) is 9.08. The van der Waals surface area contributed by atoms with Crippen molar-refractivity contribution in [2.75, 3.05) is 21.3 Å². The smallest absolute Gasteiger partial charge is 0.234 e. The van der Waals surface area contributed by atoms with Gasteiger partial charge in [-0.2, -0.15) is 0 Å². The lowest BCUT2D eigenvalue weighted by Crippen LogP contribution is -2.18. The molecule has 0 unspecified atom stereocenters. The van der Waals surface area contributed by atoms with E-state index in [2.05, 4.69) is 0 Å². The fraction of sp³-hybridized carbons (Fsp3) is 0.125. The van der Waals surface area contributed by atoms with Crippen molar-refractivity contribution in [1.82, 2.24) is 0 Å². The van der Waals surface area contributed by atoms with Gasteiger partial charge in [0.1, 0.15) is 17.2 Å². The van der Waals surface area contributed by atoms with Gasteiger partial charge in [0.25, 0.3) is 0 Å². The molecular weight excluding hydrogens is 384 g/mol.